The van der Waals surface area contributed by atoms with Crippen molar-refractivity contribution in [2.45, 2.75) is 27.7 Å². The van der Waals surface area contributed by atoms with Crippen LogP contribution in [0.15, 0.2) is 21.8 Å². The van der Waals surface area contributed by atoms with Crippen LogP contribution in [0.25, 0.3) is 0 Å². The summed E-state index contributed by atoms with van der Waals surface area (Å²) in [6.45, 7) is 7.76. The zero-order valence-electron chi connectivity index (χ0n) is 7.05. The van der Waals surface area contributed by atoms with Gasteiger partial charge < -0.3 is 0 Å². The number of rotatable bonds is 1. The molecule has 0 heterocycles. The van der Waals surface area contributed by atoms with E-state index >= 15 is 0 Å². The van der Waals surface area contributed by atoms with Gasteiger partial charge in [-0.25, -0.2) is 9.98 Å². The lowest BCUT2D eigenvalue weighted by Crippen LogP contribution is -1.82. The molecular formula is C8H14N2. The third-order valence-corrected chi connectivity index (χ3v) is 0.826. The first-order chi connectivity index (χ1) is 4.66. The summed E-state index contributed by atoms with van der Waals surface area (Å²) in [5.41, 5.74) is 1.19. The minimum absolute atomic E-state index is 0.795. The molecule has 0 aromatic rings. The van der Waals surface area contributed by atoms with Crippen LogP contribution in [-0.4, -0.2) is 12.1 Å². The van der Waals surface area contributed by atoms with Gasteiger partial charge >= 0.3 is 0 Å². The maximum Gasteiger partial charge on any atom is 0.124 e. The fraction of sp³-hybridized carbons (Fsp3) is 0.500. The minimum atomic E-state index is 0.795. The summed E-state index contributed by atoms with van der Waals surface area (Å²) in [4.78, 5) is 8.05. The van der Waals surface area contributed by atoms with Gasteiger partial charge in [0.15, 0.2) is 0 Å². The lowest BCUT2D eigenvalue weighted by atomic mass is 10.4. The molecule has 2 nitrogen and oxygen atoms in total. The predicted octanol–water partition coefficient (Wildman–Crippen LogP) is 2.42. The third kappa shape index (κ3) is 5.22. The van der Waals surface area contributed by atoms with Crippen molar-refractivity contribution >= 4 is 12.1 Å². The molecule has 0 saturated carbocycles. The summed E-state index contributed by atoms with van der Waals surface area (Å²) in [5, 5.41) is 0. The van der Waals surface area contributed by atoms with E-state index in [-0.39, 0.29) is 0 Å². The van der Waals surface area contributed by atoms with Gasteiger partial charge in [-0.15, -0.1) is 0 Å². The average molecular weight is 138 g/mol. The summed E-state index contributed by atoms with van der Waals surface area (Å²) in [5.74, 6) is 0.795. The van der Waals surface area contributed by atoms with E-state index < -0.39 is 0 Å². The molecule has 0 unspecified atom stereocenters. The third-order valence-electron chi connectivity index (χ3n) is 0.826. The van der Waals surface area contributed by atoms with Gasteiger partial charge in [-0.05, 0) is 27.7 Å². The molecule has 0 saturated heterocycles. The van der Waals surface area contributed by atoms with Gasteiger partial charge in [0.25, 0.3) is 0 Å². The molecule has 0 rings (SSSR count). The van der Waals surface area contributed by atoms with Crippen LogP contribution in [0.1, 0.15) is 27.7 Å². The molecule has 0 radical (unpaired) electrons. The molecule has 0 aliphatic carbocycles. The minimum Gasteiger partial charge on any atom is -0.246 e. The Morgan fingerprint density at radius 1 is 1.20 bits per heavy atom. The van der Waals surface area contributed by atoms with Crippen LogP contribution in [-0.2, 0) is 0 Å². The highest BCUT2D eigenvalue weighted by Gasteiger charge is 1.78. The van der Waals surface area contributed by atoms with Crippen molar-refractivity contribution in [1.29, 1.82) is 0 Å². The maximum atomic E-state index is 4.07. The van der Waals surface area contributed by atoms with Gasteiger partial charge in [0.05, 0.1) is 0 Å². The Labute approximate surface area is 62.4 Å². The standard InChI is InChI=1S/C8H14N2/c1-5-9-8(4)10-6-7(2)3/h5-6H,1-4H3. The SMILES string of the molecule is CC=NC(C)=NC=C(C)C. The Morgan fingerprint density at radius 2 is 1.80 bits per heavy atom. The Kier molecular flexibility index (Phi) is 4.46. The van der Waals surface area contributed by atoms with Crippen LogP contribution in [0.4, 0.5) is 0 Å². The average Bonchev–Trinajstić information content (AvgIpc) is 1.85. The van der Waals surface area contributed by atoms with Crippen LogP contribution in [0.2, 0.25) is 0 Å². The van der Waals surface area contributed by atoms with Crippen molar-refractivity contribution in [1.82, 2.24) is 0 Å². The maximum absolute atomic E-state index is 4.07. The molecule has 10 heavy (non-hydrogen) atoms. The van der Waals surface area contributed by atoms with Gasteiger partial charge in [-0.3, -0.25) is 0 Å². The number of hydrogen-bond donors (Lipinski definition) is 0. The first kappa shape index (κ1) is 9.08. The van der Waals surface area contributed by atoms with Crippen LogP contribution in [0.5, 0.6) is 0 Å². The molecule has 0 aromatic carbocycles. The smallest absolute Gasteiger partial charge is 0.124 e. The molecule has 0 spiro atoms. The van der Waals surface area contributed by atoms with Crippen molar-refractivity contribution < 1.29 is 0 Å². The van der Waals surface area contributed by atoms with Gasteiger partial charge in [0.1, 0.15) is 5.84 Å². The van der Waals surface area contributed by atoms with Crippen molar-refractivity contribution in [3.05, 3.63) is 11.8 Å². The fourth-order valence-electron chi connectivity index (χ4n) is 0.443. The summed E-state index contributed by atoms with van der Waals surface area (Å²) >= 11 is 0. The fourth-order valence-corrected chi connectivity index (χ4v) is 0.443. The van der Waals surface area contributed by atoms with E-state index in [0.29, 0.717) is 0 Å². The number of amidine groups is 1. The van der Waals surface area contributed by atoms with E-state index in [1.807, 2.05) is 33.9 Å². The van der Waals surface area contributed by atoms with Gasteiger partial charge in [-0.1, -0.05) is 5.57 Å². The topological polar surface area (TPSA) is 24.7 Å². The molecule has 0 aliphatic heterocycles. The number of nitrogens with zero attached hydrogens (tertiary/aromatic N) is 2. The normalized spacial score (nSPS) is 12.2. The van der Waals surface area contributed by atoms with Gasteiger partial charge in [0, 0.05) is 12.4 Å². The zero-order valence-corrected chi connectivity index (χ0v) is 7.05. The number of aliphatic imine (C=N–C) groups is 2. The Balaban J connectivity index is 4.05. The zero-order chi connectivity index (χ0) is 7.98. The van der Waals surface area contributed by atoms with Crippen molar-refractivity contribution in [3.63, 3.8) is 0 Å². The largest absolute Gasteiger partial charge is 0.246 e. The van der Waals surface area contributed by atoms with E-state index in [0.717, 1.165) is 5.84 Å². The summed E-state index contributed by atoms with van der Waals surface area (Å²) in [7, 11) is 0. The van der Waals surface area contributed by atoms with Crippen LogP contribution < -0.4 is 0 Å². The highest BCUT2D eigenvalue weighted by Crippen LogP contribution is 1.89. The molecule has 0 aliphatic rings. The highest BCUT2D eigenvalue weighted by molar-refractivity contribution is 5.87. The molecule has 0 bridgehead atoms. The molecule has 0 fully saturated rings. The second kappa shape index (κ2) is 4.91. The van der Waals surface area contributed by atoms with E-state index in [1.165, 1.54) is 5.57 Å². The van der Waals surface area contributed by atoms with Crippen molar-refractivity contribution in [3.8, 4) is 0 Å². The summed E-state index contributed by atoms with van der Waals surface area (Å²) in [6.07, 6.45) is 3.54. The molecule has 2 heteroatoms. The molecule has 0 N–H and O–H groups in total. The highest BCUT2D eigenvalue weighted by atomic mass is 14.9. The lowest BCUT2D eigenvalue weighted by molar-refractivity contribution is 1.32. The molecule has 0 amide bonds. The van der Waals surface area contributed by atoms with Gasteiger partial charge in [0.2, 0.25) is 0 Å². The molecule has 0 aromatic heterocycles. The van der Waals surface area contributed by atoms with Crippen LogP contribution >= 0.6 is 0 Å². The van der Waals surface area contributed by atoms with E-state index in [9.17, 15) is 0 Å². The second-order valence-corrected chi connectivity index (χ2v) is 2.27. The van der Waals surface area contributed by atoms with Crippen molar-refractivity contribution in [2.24, 2.45) is 9.98 Å². The Hall–Kier alpha value is -0.920. The number of hydrogen-bond acceptors (Lipinski definition) is 1. The summed E-state index contributed by atoms with van der Waals surface area (Å²) < 4.78 is 0. The first-order valence-electron chi connectivity index (χ1n) is 3.33. The lowest BCUT2D eigenvalue weighted by Gasteiger charge is -1.86. The first-order valence-corrected chi connectivity index (χ1v) is 3.33. The Bertz CT molecular complexity index is 172. The number of allylic oxidation sites excluding steroid dienone is 1. The molecule has 56 valence electrons. The van der Waals surface area contributed by atoms with Gasteiger partial charge in [-0.2, -0.15) is 0 Å². The van der Waals surface area contributed by atoms with Crippen molar-refractivity contribution in [2.75, 3.05) is 0 Å². The second-order valence-electron chi connectivity index (χ2n) is 2.27. The molecule has 0 atom stereocenters. The molecular weight excluding hydrogens is 124 g/mol. The monoisotopic (exact) mass is 138 g/mol. The van der Waals surface area contributed by atoms with Crippen LogP contribution in [0.3, 0.4) is 0 Å². The quantitative estimate of drug-likeness (QED) is 0.392. The van der Waals surface area contributed by atoms with E-state index in [2.05, 4.69) is 9.98 Å². The van der Waals surface area contributed by atoms with Crippen LogP contribution in [0, 0.1) is 0 Å². The van der Waals surface area contributed by atoms with E-state index in [4.69, 9.17) is 0 Å². The van der Waals surface area contributed by atoms with E-state index in [1.54, 1.807) is 6.21 Å². The summed E-state index contributed by atoms with van der Waals surface area (Å²) in [6, 6.07) is 0. The predicted molar refractivity (Wildman–Crippen MR) is 46.7 cm³/mol. The Morgan fingerprint density at radius 3 is 2.20 bits per heavy atom.